The smallest absolute Gasteiger partial charge is 0.121 e. The van der Waals surface area contributed by atoms with Gasteiger partial charge in [-0.2, -0.15) is 0 Å². The van der Waals surface area contributed by atoms with Crippen molar-refractivity contribution in [3.05, 3.63) is 36.7 Å². The van der Waals surface area contributed by atoms with Gasteiger partial charge in [0.1, 0.15) is 11.6 Å². The summed E-state index contributed by atoms with van der Waals surface area (Å²) in [6.45, 7) is 12.7. The van der Waals surface area contributed by atoms with Crippen LogP contribution in [0.1, 0.15) is 26.6 Å². The lowest BCUT2D eigenvalue weighted by atomic mass is 10.3. The number of nitrogens with one attached hydrogen (secondary N) is 1. The molecule has 2 aromatic rings. The Morgan fingerprint density at radius 3 is 2.90 bits per heavy atom. The molecule has 2 rings (SSSR count). The van der Waals surface area contributed by atoms with E-state index in [1.54, 1.807) is 0 Å². The van der Waals surface area contributed by atoms with Crippen LogP contribution in [0.4, 0.5) is 0 Å². The second-order valence-corrected chi connectivity index (χ2v) is 5.35. The molecule has 1 aromatic heterocycles. The van der Waals surface area contributed by atoms with Crippen molar-refractivity contribution in [3.8, 4) is 5.75 Å². The minimum Gasteiger partial charge on any atom is -0.491 e. The van der Waals surface area contributed by atoms with Gasteiger partial charge in [0.05, 0.1) is 17.1 Å². The van der Waals surface area contributed by atoms with Crippen molar-refractivity contribution in [2.24, 2.45) is 0 Å². The van der Waals surface area contributed by atoms with Gasteiger partial charge in [-0.05, 0) is 32.5 Å². The lowest BCUT2D eigenvalue weighted by Crippen LogP contribution is -2.18. The van der Waals surface area contributed by atoms with Crippen LogP contribution >= 0.6 is 0 Å². The number of ether oxygens (including phenoxy) is 1. The molecule has 0 aliphatic carbocycles. The zero-order chi connectivity index (χ0) is 15.2. The van der Waals surface area contributed by atoms with Gasteiger partial charge in [0.25, 0.3) is 0 Å². The molecule has 0 bridgehead atoms. The maximum atomic E-state index is 5.75. The Morgan fingerprint density at radius 2 is 2.24 bits per heavy atom. The van der Waals surface area contributed by atoms with Gasteiger partial charge in [0.15, 0.2) is 0 Å². The lowest BCUT2D eigenvalue weighted by molar-refractivity contribution is 0.242. The van der Waals surface area contributed by atoms with Gasteiger partial charge in [0.2, 0.25) is 0 Å². The van der Waals surface area contributed by atoms with Crippen molar-refractivity contribution in [1.29, 1.82) is 0 Å². The quantitative estimate of drug-likeness (QED) is 0.599. The summed E-state index contributed by atoms with van der Waals surface area (Å²) >= 11 is 0. The molecular formula is C17H25N3O. The number of fused-ring (bicyclic) bond motifs is 1. The third-order valence-electron chi connectivity index (χ3n) is 3.26. The molecule has 0 fully saturated rings. The van der Waals surface area contributed by atoms with E-state index in [2.05, 4.69) is 29.5 Å². The maximum Gasteiger partial charge on any atom is 0.121 e. The van der Waals surface area contributed by atoms with E-state index in [9.17, 15) is 0 Å². The van der Waals surface area contributed by atoms with Crippen molar-refractivity contribution in [2.45, 2.75) is 39.8 Å². The fourth-order valence-electron chi connectivity index (χ4n) is 2.41. The van der Waals surface area contributed by atoms with Gasteiger partial charge < -0.3 is 14.6 Å². The third-order valence-corrected chi connectivity index (χ3v) is 3.26. The molecule has 0 radical (unpaired) electrons. The van der Waals surface area contributed by atoms with Crippen LogP contribution in [0.2, 0.25) is 0 Å². The number of nitrogens with zero attached hydrogens (tertiary/aromatic N) is 2. The molecule has 0 saturated heterocycles. The Kier molecular flexibility index (Phi) is 5.39. The first-order valence-corrected chi connectivity index (χ1v) is 7.63. The second kappa shape index (κ2) is 7.27. The van der Waals surface area contributed by atoms with Crippen LogP contribution in [-0.2, 0) is 13.0 Å². The average Bonchev–Trinajstić information content (AvgIpc) is 2.76. The molecule has 1 heterocycles. The monoisotopic (exact) mass is 287 g/mol. The minimum absolute atomic E-state index is 0.172. The van der Waals surface area contributed by atoms with Crippen LogP contribution in [0.15, 0.2) is 30.9 Å². The van der Waals surface area contributed by atoms with Crippen LogP contribution in [-0.4, -0.2) is 28.7 Å². The van der Waals surface area contributed by atoms with E-state index in [1.165, 1.54) is 0 Å². The van der Waals surface area contributed by atoms with Gasteiger partial charge in [-0.25, -0.2) is 4.98 Å². The predicted molar refractivity (Wildman–Crippen MR) is 87.9 cm³/mol. The van der Waals surface area contributed by atoms with Gasteiger partial charge in [0, 0.05) is 25.6 Å². The molecule has 0 spiro atoms. The lowest BCUT2D eigenvalue weighted by Gasteiger charge is -2.09. The summed E-state index contributed by atoms with van der Waals surface area (Å²) in [5.74, 6) is 1.96. The normalized spacial score (nSPS) is 11.2. The SMILES string of the molecule is C=CCn1c(CCNCC)nc2cc(OC(C)C)ccc21. The molecule has 0 aliphatic heterocycles. The van der Waals surface area contributed by atoms with Crippen molar-refractivity contribution in [3.63, 3.8) is 0 Å². The second-order valence-electron chi connectivity index (χ2n) is 5.35. The van der Waals surface area contributed by atoms with Crippen molar-refractivity contribution >= 4 is 11.0 Å². The summed E-state index contributed by atoms with van der Waals surface area (Å²) in [6.07, 6.45) is 3.00. The summed E-state index contributed by atoms with van der Waals surface area (Å²) in [4.78, 5) is 4.77. The highest BCUT2D eigenvalue weighted by Crippen LogP contribution is 2.23. The molecule has 0 unspecified atom stereocenters. The third kappa shape index (κ3) is 3.85. The molecule has 0 saturated carbocycles. The summed E-state index contributed by atoms with van der Waals surface area (Å²) in [5, 5.41) is 3.34. The summed E-state index contributed by atoms with van der Waals surface area (Å²) < 4.78 is 7.97. The standard InChI is InChI=1S/C17H25N3O/c1-5-11-20-16-8-7-14(21-13(3)4)12-15(16)19-17(20)9-10-18-6-2/h5,7-8,12-13,18H,1,6,9-11H2,2-4H3. The van der Waals surface area contributed by atoms with Gasteiger partial charge in [-0.15, -0.1) is 6.58 Å². The first kappa shape index (κ1) is 15.6. The topological polar surface area (TPSA) is 39.1 Å². The van der Waals surface area contributed by atoms with E-state index in [0.29, 0.717) is 0 Å². The Morgan fingerprint density at radius 1 is 1.43 bits per heavy atom. The summed E-state index contributed by atoms with van der Waals surface area (Å²) in [7, 11) is 0. The number of likely N-dealkylation sites (N-methyl/N-ethyl adjacent to an activating group) is 1. The number of aromatic nitrogens is 2. The Bertz CT molecular complexity index is 601. The zero-order valence-electron chi connectivity index (χ0n) is 13.2. The Labute approximate surface area is 126 Å². The molecule has 0 aliphatic rings. The van der Waals surface area contributed by atoms with Crippen molar-refractivity contribution in [1.82, 2.24) is 14.9 Å². The Balaban J connectivity index is 2.33. The number of imidazole rings is 1. The minimum atomic E-state index is 0.172. The number of hydrogen-bond acceptors (Lipinski definition) is 3. The molecule has 4 nitrogen and oxygen atoms in total. The molecule has 1 aromatic carbocycles. The molecular weight excluding hydrogens is 262 g/mol. The number of rotatable bonds is 8. The van der Waals surface area contributed by atoms with Crippen LogP contribution in [0, 0.1) is 0 Å². The zero-order valence-corrected chi connectivity index (χ0v) is 13.2. The molecule has 0 amide bonds. The van der Waals surface area contributed by atoms with Gasteiger partial charge in [-0.3, -0.25) is 0 Å². The van der Waals surface area contributed by atoms with E-state index in [0.717, 1.165) is 48.7 Å². The van der Waals surface area contributed by atoms with Gasteiger partial charge >= 0.3 is 0 Å². The van der Waals surface area contributed by atoms with E-state index in [4.69, 9.17) is 9.72 Å². The highest BCUT2D eigenvalue weighted by molar-refractivity contribution is 5.78. The largest absolute Gasteiger partial charge is 0.491 e. The average molecular weight is 287 g/mol. The number of hydrogen-bond donors (Lipinski definition) is 1. The first-order chi connectivity index (χ1) is 10.2. The van der Waals surface area contributed by atoms with E-state index in [-0.39, 0.29) is 6.10 Å². The van der Waals surface area contributed by atoms with E-state index >= 15 is 0 Å². The summed E-state index contributed by atoms with van der Waals surface area (Å²) in [5.41, 5.74) is 2.12. The van der Waals surface area contributed by atoms with E-state index in [1.807, 2.05) is 32.1 Å². The fraction of sp³-hybridized carbons (Fsp3) is 0.471. The van der Waals surface area contributed by atoms with E-state index < -0.39 is 0 Å². The van der Waals surface area contributed by atoms with Crippen LogP contribution in [0.3, 0.4) is 0 Å². The maximum absolute atomic E-state index is 5.75. The van der Waals surface area contributed by atoms with Gasteiger partial charge in [-0.1, -0.05) is 13.0 Å². The summed E-state index contributed by atoms with van der Waals surface area (Å²) in [6, 6.07) is 6.11. The van der Waals surface area contributed by atoms with Crippen molar-refractivity contribution in [2.75, 3.05) is 13.1 Å². The number of benzene rings is 1. The van der Waals surface area contributed by atoms with Crippen LogP contribution in [0.25, 0.3) is 11.0 Å². The fourth-order valence-corrected chi connectivity index (χ4v) is 2.41. The van der Waals surface area contributed by atoms with Crippen LogP contribution < -0.4 is 10.1 Å². The molecule has 114 valence electrons. The first-order valence-electron chi connectivity index (χ1n) is 7.63. The molecule has 4 heteroatoms. The molecule has 21 heavy (non-hydrogen) atoms. The molecule has 1 N–H and O–H groups in total. The van der Waals surface area contributed by atoms with Crippen molar-refractivity contribution < 1.29 is 4.74 Å². The number of allylic oxidation sites excluding steroid dienone is 1. The predicted octanol–water partition coefficient (Wildman–Crippen LogP) is 3.16. The highest BCUT2D eigenvalue weighted by atomic mass is 16.5. The molecule has 0 atom stereocenters. The highest BCUT2D eigenvalue weighted by Gasteiger charge is 2.11. The van der Waals surface area contributed by atoms with Crippen LogP contribution in [0.5, 0.6) is 5.75 Å². The Hall–Kier alpha value is -1.81.